The van der Waals surface area contributed by atoms with Gasteiger partial charge in [-0.25, -0.2) is 4.79 Å². The summed E-state index contributed by atoms with van der Waals surface area (Å²) in [5, 5.41) is 0. The Labute approximate surface area is 179 Å². The van der Waals surface area contributed by atoms with Gasteiger partial charge in [-0.1, -0.05) is 48.5 Å². The first-order chi connectivity index (χ1) is 14.7. The maximum atomic E-state index is 12.8. The molecule has 0 atom stereocenters. The predicted molar refractivity (Wildman–Crippen MR) is 120 cm³/mol. The molecule has 0 amide bonds. The summed E-state index contributed by atoms with van der Waals surface area (Å²) in [5.74, 6) is 0.455. The van der Waals surface area contributed by atoms with Gasteiger partial charge in [-0.15, -0.1) is 11.8 Å². The molecule has 0 saturated heterocycles. The number of aldehydes is 1. The Hall–Kier alpha value is -3.31. The number of nitrogens with zero attached hydrogens (tertiary/aromatic N) is 1. The monoisotopic (exact) mass is 415 g/mol. The first kappa shape index (κ1) is 20.0. The van der Waals surface area contributed by atoms with Crippen LogP contribution in [0.25, 0.3) is 16.6 Å². The molecule has 150 valence electrons. The van der Waals surface area contributed by atoms with E-state index in [1.807, 2.05) is 60.7 Å². The van der Waals surface area contributed by atoms with Crippen LogP contribution in [0.3, 0.4) is 0 Å². The van der Waals surface area contributed by atoms with E-state index < -0.39 is 5.97 Å². The molecule has 0 unspecified atom stereocenters. The SMILES string of the molecule is CCOC(=O)c1c(-c2ccc(SCc3ccccc3)cc2)c(C=O)n2ccccc12. The van der Waals surface area contributed by atoms with Crippen LogP contribution in [0.15, 0.2) is 83.9 Å². The van der Waals surface area contributed by atoms with Gasteiger partial charge in [-0.05, 0) is 42.3 Å². The fraction of sp³-hybridized carbons (Fsp3) is 0.120. The van der Waals surface area contributed by atoms with Crippen LogP contribution < -0.4 is 0 Å². The Morgan fingerprint density at radius 3 is 2.43 bits per heavy atom. The molecule has 0 N–H and O–H groups in total. The quantitative estimate of drug-likeness (QED) is 0.215. The van der Waals surface area contributed by atoms with Gasteiger partial charge >= 0.3 is 5.97 Å². The first-order valence-electron chi connectivity index (χ1n) is 9.75. The Morgan fingerprint density at radius 2 is 1.73 bits per heavy atom. The molecule has 0 saturated carbocycles. The summed E-state index contributed by atoms with van der Waals surface area (Å²) in [5.41, 5.74) is 4.21. The van der Waals surface area contributed by atoms with Crippen LogP contribution in [-0.2, 0) is 10.5 Å². The van der Waals surface area contributed by atoms with E-state index in [9.17, 15) is 9.59 Å². The van der Waals surface area contributed by atoms with Crippen LogP contribution in [0.2, 0.25) is 0 Å². The topological polar surface area (TPSA) is 47.8 Å². The largest absolute Gasteiger partial charge is 0.462 e. The predicted octanol–water partition coefficient (Wildman–Crippen LogP) is 5.89. The molecule has 0 bridgehead atoms. The van der Waals surface area contributed by atoms with Crippen LogP contribution in [0.5, 0.6) is 0 Å². The summed E-state index contributed by atoms with van der Waals surface area (Å²) in [6.07, 6.45) is 2.58. The molecule has 0 aliphatic rings. The number of carbonyl (C=O) groups is 2. The van der Waals surface area contributed by atoms with Gasteiger partial charge in [0.05, 0.1) is 23.4 Å². The number of benzene rings is 2. The summed E-state index contributed by atoms with van der Waals surface area (Å²) in [7, 11) is 0. The fourth-order valence-electron chi connectivity index (χ4n) is 3.51. The number of ether oxygens (including phenoxy) is 1. The Morgan fingerprint density at radius 1 is 1.00 bits per heavy atom. The van der Waals surface area contributed by atoms with E-state index in [1.165, 1.54) is 5.56 Å². The minimum atomic E-state index is -0.424. The van der Waals surface area contributed by atoms with Crippen molar-refractivity contribution < 1.29 is 14.3 Å². The lowest BCUT2D eigenvalue weighted by molar-refractivity contribution is 0.0529. The number of esters is 1. The molecule has 2 aromatic heterocycles. The van der Waals surface area contributed by atoms with E-state index in [-0.39, 0.29) is 6.61 Å². The van der Waals surface area contributed by atoms with E-state index in [2.05, 4.69) is 12.1 Å². The second-order valence-electron chi connectivity index (χ2n) is 6.73. The number of aromatic nitrogens is 1. The number of fused-ring (bicyclic) bond motifs is 1. The normalized spacial score (nSPS) is 10.8. The van der Waals surface area contributed by atoms with Gasteiger partial charge in [0.1, 0.15) is 0 Å². The number of pyridine rings is 1. The number of rotatable bonds is 7. The van der Waals surface area contributed by atoms with Gasteiger partial charge in [0.15, 0.2) is 6.29 Å². The van der Waals surface area contributed by atoms with Crippen molar-refractivity contribution in [1.82, 2.24) is 4.40 Å². The summed E-state index contributed by atoms with van der Waals surface area (Å²) >= 11 is 1.74. The van der Waals surface area contributed by atoms with Crippen molar-refractivity contribution in [2.45, 2.75) is 17.6 Å². The van der Waals surface area contributed by atoms with Crippen molar-refractivity contribution in [2.24, 2.45) is 0 Å². The van der Waals surface area contributed by atoms with E-state index in [0.29, 0.717) is 22.3 Å². The Balaban J connectivity index is 1.72. The van der Waals surface area contributed by atoms with Crippen LogP contribution >= 0.6 is 11.8 Å². The lowest BCUT2D eigenvalue weighted by Gasteiger charge is -2.07. The molecular formula is C25H21NO3S. The molecule has 0 fully saturated rings. The van der Waals surface area contributed by atoms with E-state index in [0.717, 1.165) is 22.5 Å². The van der Waals surface area contributed by atoms with E-state index in [4.69, 9.17) is 4.74 Å². The molecule has 0 spiro atoms. The van der Waals surface area contributed by atoms with Crippen molar-refractivity contribution in [3.8, 4) is 11.1 Å². The zero-order chi connectivity index (χ0) is 20.9. The minimum absolute atomic E-state index is 0.272. The molecule has 0 aliphatic heterocycles. The number of thioether (sulfide) groups is 1. The van der Waals surface area contributed by atoms with Gasteiger partial charge in [-0.2, -0.15) is 0 Å². The van der Waals surface area contributed by atoms with Crippen molar-refractivity contribution in [3.63, 3.8) is 0 Å². The third kappa shape index (κ3) is 3.89. The molecule has 2 heterocycles. The molecule has 0 radical (unpaired) electrons. The number of carbonyl (C=O) groups excluding carboxylic acids is 2. The molecule has 2 aromatic carbocycles. The van der Waals surface area contributed by atoms with Crippen LogP contribution in [-0.4, -0.2) is 23.3 Å². The first-order valence-corrected chi connectivity index (χ1v) is 10.7. The number of hydrogen-bond acceptors (Lipinski definition) is 4. The molecular weight excluding hydrogens is 394 g/mol. The lowest BCUT2D eigenvalue weighted by atomic mass is 10.0. The third-order valence-corrected chi connectivity index (χ3v) is 5.95. The van der Waals surface area contributed by atoms with Crippen LogP contribution in [0, 0.1) is 0 Å². The average molecular weight is 416 g/mol. The van der Waals surface area contributed by atoms with E-state index >= 15 is 0 Å². The van der Waals surface area contributed by atoms with Crippen molar-refractivity contribution in [1.29, 1.82) is 0 Å². The van der Waals surface area contributed by atoms with Gasteiger partial charge in [0, 0.05) is 22.4 Å². The lowest BCUT2D eigenvalue weighted by Crippen LogP contribution is -2.05. The molecule has 30 heavy (non-hydrogen) atoms. The summed E-state index contributed by atoms with van der Waals surface area (Å²) < 4.78 is 7.04. The third-order valence-electron chi connectivity index (χ3n) is 4.86. The van der Waals surface area contributed by atoms with Gasteiger partial charge in [0.2, 0.25) is 0 Å². The van der Waals surface area contributed by atoms with Gasteiger partial charge in [0.25, 0.3) is 0 Å². The highest BCUT2D eigenvalue weighted by atomic mass is 32.2. The standard InChI is InChI=1S/C25H21NO3S/c1-2-29-25(28)24-21-10-6-7-15-26(21)22(16-27)23(24)19-11-13-20(14-12-19)30-17-18-8-4-3-5-9-18/h3-16H,2,17H2,1H3. The zero-order valence-electron chi connectivity index (χ0n) is 16.6. The molecule has 4 aromatic rings. The highest BCUT2D eigenvalue weighted by Crippen LogP contribution is 2.34. The van der Waals surface area contributed by atoms with Crippen molar-refractivity contribution in [2.75, 3.05) is 6.61 Å². The summed E-state index contributed by atoms with van der Waals surface area (Å²) in [6, 6.07) is 23.8. The Bertz CT molecular complexity index is 1180. The number of hydrogen-bond donors (Lipinski definition) is 0. The molecule has 5 heteroatoms. The van der Waals surface area contributed by atoms with Crippen molar-refractivity contribution >= 4 is 29.5 Å². The Kier molecular flexibility index (Phi) is 6.00. The molecule has 0 aliphatic carbocycles. The molecule has 4 nitrogen and oxygen atoms in total. The average Bonchev–Trinajstić information content (AvgIpc) is 3.13. The van der Waals surface area contributed by atoms with Crippen molar-refractivity contribution in [3.05, 3.63) is 95.8 Å². The molecule has 4 rings (SSSR count). The fourth-order valence-corrected chi connectivity index (χ4v) is 4.36. The highest BCUT2D eigenvalue weighted by Gasteiger charge is 2.25. The smallest absolute Gasteiger partial charge is 0.340 e. The van der Waals surface area contributed by atoms with Crippen LogP contribution in [0.1, 0.15) is 33.3 Å². The van der Waals surface area contributed by atoms with Crippen LogP contribution in [0.4, 0.5) is 0 Å². The second-order valence-corrected chi connectivity index (χ2v) is 7.78. The van der Waals surface area contributed by atoms with Gasteiger partial charge in [-0.3, -0.25) is 4.79 Å². The van der Waals surface area contributed by atoms with Gasteiger partial charge < -0.3 is 9.14 Å². The highest BCUT2D eigenvalue weighted by molar-refractivity contribution is 7.98. The summed E-state index contributed by atoms with van der Waals surface area (Å²) in [4.78, 5) is 25.8. The summed E-state index contributed by atoms with van der Waals surface area (Å²) in [6.45, 7) is 2.04. The zero-order valence-corrected chi connectivity index (χ0v) is 17.4. The maximum absolute atomic E-state index is 12.8. The maximum Gasteiger partial charge on any atom is 0.340 e. The van der Waals surface area contributed by atoms with E-state index in [1.54, 1.807) is 29.3 Å². The minimum Gasteiger partial charge on any atom is -0.462 e. The second kappa shape index (κ2) is 9.01.